The molecule has 0 bridgehead atoms. The second-order valence-electron chi connectivity index (χ2n) is 2.57. The van der Waals surface area contributed by atoms with Crippen molar-refractivity contribution in [2.24, 2.45) is 0 Å². The normalized spacial score (nSPS) is 9.40. The number of aromatic amines is 1. The number of aliphatic hydroxyl groups is 1. The molecule has 0 aliphatic heterocycles. The van der Waals surface area contributed by atoms with Crippen LogP contribution in [0.5, 0.6) is 0 Å². The monoisotopic (exact) mass is 232 g/mol. The maximum Gasteiger partial charge on any atom is 0.157 e. The SMILES string of the molecule is O.O.OCCn1cnc2c(=S)nc[nH]c21. The van der Waals surface area contributed by atoms with Crippen LogP contribution >= 0.6 is 12.2 Å². The van der Waals surface area contributed by atoms with Crippen LogP contribution in [-0.2, 0) is 6.54 Å². The van der Waals surface area contributed by atoms with Gasteiger partial charge in [0.15, 0.2) is 4.64 Å². The molecule has 2 aromatic rings. The molecule has 0 amide bonds. The molecule has 0 aliphatic rings. The van der Waals surface area contributed by atoms with Crippen LogP contribution in [-0.4, -0.2) is 42.2 Å². The molecular weight excluding hydrogens is 220 g/mol. The number of nitrogens with zero attached hydrogens (tertiary/aromatic N) is 3. The molecule has 7 nitrogen and oxygen atoms in total. The van der Waals surface area contributed by atoms with Crippen LogP contribution in [0.15, 0.2) is 12.7 Å². The molecular formula is C7H12N4O3S. The molecule has 6 N–H and O–H groups in total. The Bertz CT molecular complexity index is 480. The fraction of sp³-hybridized carbons (Fsp3) is 0.286. The van der Waals surface area contributed by atoms with Gasteiger partial charge in [0.2, 0.25) is 0 Å². The first-order chi connectivity index (χ1) is 6.33. The van der Waals surface area contributed by atoms with E-state index in [0.717, 1.165) is 5.65 Å². The number of fused-ring (bicyclic) bond motifs is 1. The fourth-order valence-electron chi connectivity index (χ4n) is 1.18. The van der Waals surface area contributed by atoms with E-state index in [1.54, 1.807) is 10.9 Å². The summed E-state index contributed by atoms with van der Waals surface area (Å²) in [5.41, 5.74) is 1.47. The van der Waals surface area contributed by atoms with Gasteiger partial charge in [0.05, 0.1) is 19.3 Å². The van der Waals surface area contributed by atoms with Crippen LogP contribution in [0, 0.1) is 4.64 Å². The Hall–Kier alpha value is -1.35. The smallest absolute Gasteiger partial charge is 0.157 e. The highest BCUT2D eigenvalue weighted by Gasteiger charge is 2.02. The summed E-state index contributed by atoms with van der Waals surface area (Å²) in [6, 6.07) is 0. The molecule has 0 aliphatic carbocycles. The van der Waals surface area contributed by atoms with Crippen LogP contribution < -0.4 is 0 Å². The molecule has 0 fully saturated rings. The molecule has 0 aromatic carbocycles. The van der Waals surface area contributed by atoms with E-state index in [1.165, 1.54) is 6.33 Å². The molecule has 2 heterocycles. The van der Waals surface area contributed by atoms with Crippen LogP contribution in [0.25, 0.3) is 11.2 Å². The van der Waals surface area contributed by atoms with Crippen LogP contribution in [0.2, 0.25) is 0 Å². The van der Waals surface area contributed by atoms with E-state index in [-0.39, 0.29) is 17.6 Å². The van der Waals surface area contributed by atoms with Gasteiger partial charge in [-0.1, -0.05) is 12.2 Å². The average Bonchev–Trinajstić information content (AvgIpc) is 2.51. The summed E-state index contributed by atoms with van der Waals surface area (Å²) in [5.74, 6) is 0. The molecule has 2 rings (SSSR count). The van der Waals surface area contributed by atoms with Crippen molar-refractivity contribution in [2.75, 3.05) is 6.61 Å². The molecule has 0 spiro atoms. The summed E-state index contributed by atoms with van der Waals surface area (Å²) >= 11 is 4.98. The standard InChI is InChI=1S/C7H8N4OS.2H2O/c12-2-1-11-4-10-5-6(11)8-3-9-7(5)13;;/h3-4,12H,1-2H2,(H,8,9,13);2*1H2. The highest BCUT2D eigenvalue weighted by atomic mass is 32.1. The van der Waals surface area contributed by atoms with E-state index in [1.807, 2.05) is 0 Å². The van der Waals surface area contributed by atoms with Crippen molar-refractivity contribution in [1.82, 2.24) is 19.5 Å². The minimum Gasteiger partial charge on any atom is -0.412 e. The van der Waals surface area contributed by atoms with Crippen molar-refractivity contribution in [3.8, 4) is 0 Å². The third-order valence-electron chi connectivity index (χ3n) is 1.76. The molecule has 0 saturated heterocycles. The van der Waals surface area contributed by atoms with E-state index in [9.17, 15) is 0 Å². The molecule has 0 saturated carbocycles. The van der Waals surface area contributed by atoms with Gasteiger partial charge in [-0.25, -0.2) is 9.97 Å². The number of hydrogen-bond acceptors (Lipinski definition) is 4. The van der Waals surface area contributed by atoms with Gasteiger partial charge in [-0.05, 0) is 0 Å². The zero-order valence-electron chi connectivity index (χ0n) is 7.77. The zero-order valence-corrected chi connectivity index (χ0v) is 8.58. The van der Waals surface area contributed by atoms with Gasteiger partial charge in [-0.3, -0.25) is 0 Å². The minimum atomic E-state index is 0. The summed E-state index contributed by atoms with van der Waals surface area (Å²) in [6.07, 6.45) is 3.16. The molecule has 8 heteroatoms. The quantitative estimate of drug-likeness (QED) is 0.632. The van der Waals surface area contributed by atoms with Crippen LogP contribution in [0.1, 0.15) is 0 Å². The zero-order chi connectivity index (χ0) is 9.26. The Balaban J connectivity index is 0.000000980. The van der Waals surface area contributed by atoms with Gasteiger partial charge in [0.1, 0.15) is 11.2 Å². The van der Waals surface area contributed by atoms with Crippen molar-refractivity contribution >= 4 is 23.4 Å². The Kier molecular flexibility index (Phi) is 5.02. The second kappa shape index (κ2) is 5.51. The van der Waals surface area contributed by atoms with Crippen LogP contribution in [0.3, 0.4) is 0 Å². The lowest BCUT2D eigenvalue weighted by atomic mass is 10.5. The number of nitrogens with one attached hydrogen (secondary N) is 1. The lowest BCUT2D eigenvalue weighted by molar-refractivity contribution is 0.277. The molecule has 0 radical (unpaired) electrons. The fourth-order valence-corrected chi connectivity index (χ4v) is 1.38. The topological polar surface area (TPSA) is 130 Å². The molecule has 15 heavy (non-hydrogen) atoms. The Morgan fingerprint density at radius 3 is 2.80 bits per heavy atom. The Labute approximate surface area is 90.0 Å². The van der Waals surface area contributed by atoms with E-state index < -0.39 is 0 Å². The number of aromatic nitrogens is 4. The Morgan fingerprint density at radius 2 is 2.13 bits per heavy atom. The van der Waals surface area contributed by atoms with E-state index in [2.05, 4.69) is 15.0 Å². The molecule has 84 valence electrons. The molecule has 2 aromatic heterocycles. The maximum absolute atomic E-state index is 8.76. The van der Waals surface area contributed by atoms with Gasteiger partial charge < -0.3 is 25.6 Å². The minimum absolute atomic E-state index is 0. The lowest BCUT2D eigenvalue weighted by Crippen LogP contribution is -2.01. The van der Waals surface area contributed by atoms with Crippen molar-refractivity contribution in [2.45, 2.75) is 6.54 Å². The first-order valence-corrected chi connectivity index (χ1v) is 4.23. The summed E-state index contributed by atoms with van der Waals surface area (Å²) in [6.45, 7) is 0.584. The van der Waals surface area contributed by atoms with Gasteiger partial charge >= 0.3 is 0 Å². The first-order valence-electron chi connectivity index (χ1n) is 3.82. The predicted octanol–water partition coefficient (Wildman–Crippen LogP) is -1.17. The third kappa shape index (κ3) is 2.36. The molecule has 0 atom stereocenters. The highest BCUT2D eigenvalue weighted by molar-refractivity contribution is 7.71. The van der Waals surface area contributed by atoms with Crippen molar-refractivity contribution in [1.29, 1.82) is 0 Å². The highest BCUT2D eigenvalue weighted by Crippen LogP contribution is 2.08. The summed E-state index contributed by atoms with van der Waals surface area (Å²) in [7, 11) is 0. The summed E-state index contributed by atoms with van der Waals surface area (Å²) in [5, 5.41) is 8.76. The van der Waals surface area contributed by atoms with E-state index in [0.29, 0.717) is 16.7 Å². The van der Waals surface area contributed by atoms with Crippen molar-refractivity contribution in [3.63, 3.8) is 0 Å². The largest absolute Gasteiger partial charge is 0.412 e. The number of imidazole rings is 1. The van der Waals surface area contributed by atoms with Gasteiger partial charge in [0.25, 0.3) is 0 Å². The Morgan fingerprint density at radius 1 is 1.40 bits per heavy atom. The number of rotatable bonds is 2. The number of hydrogen-bond donors (Lipinski definition) is 2. The van der Waals surface area contributed by atoms with Gasteiger partial charge in [-0.2, -0.15) is 0 Å². The van der Waals surface area contributed by atoms with E-state index >= 15 is 0 Å². The van der Waals surface area contributed by atoms with Gasteiger partial charge in [-0.15, -0.1) is 0 Å². The number of H-pyrrole nitrogens is 1. The average molecular weight is 232 g/mol. The van der Waals surface area contributed by atoms with Gasteiger partial charge in [0, 0.05) is 6.54 Å². The van der Waals surface area contributed by atoms with Crippen molar-refractivity contribution < 1.29 is 16.1 Å². The predicted molar refractivity (Wildman–Crippen MR) is 57.0 cm³/mol. The van der Waals surface area contributed by atoms with Crippen molar-refractivity contribution in [3.05, 3.63) is 17.3 Å². The number of aliphatic hydroxyl groups excluding tert-OH is 1. The molecule has 0 unspecified atom stereocenters. The second-order valence-corrected chi connectivity index (χ2v) is 2.95. The maximum atomic E-state index is 8.76. The third-order valence-corrected chi connectivity index (χ3v) is 2.06. The van der Waals surface area contributed by atoms with E-state index in [4.69, 9.17) is 17.3 Å². The lowest BCUT2D eigenvalue weighted by Gasteiger charge is -1.98. The van der Waals surface area contributed by atoms with Crippen LogP contribution in [0.4, 0.5) is 0 Å². The summed E-state index contributed by atoms with van der Waals surface area (Å²) < 4.78 is 2.28. The summed E-state index contributed by atoms with van der Waals surface area (Å²) in [4.78, 5) is 10.9. The first kappa shape index (κ1) is 13.7.